The van der Waals surface area contributed by atoms with Gasteiger partial charge in [-0.05, 0) is 33.2 Å². The van der Waals surface area contributed by atoms with E-state index >= 15 is 0 Å². The first-order valence-electron chi connectivity index (χ1n) is 6.33. The number of aryl methyl sites for hydroxylation is 2. The summed E-state index contributed by atoms with van der Waals surface area (Å²) in [5.41, 5.74) is 1.12. The Kier molecular flexibility index (Phi) is 4.35. The van der Waals surface area contributed by atoms with Crippen molar-refractivity contribution in [3.63, 3.8) is 0 Å². The van der Waals surface area contributed by atoms with Gasteiger partial charge in [0.2, 0.25) is 0 Å². The van der Waals surface area contributed by atoms with Gasteiger partial charge in [-0.1, -0.05) is 0 Å². The first-order valence-corrected chi connectivity index (χ1v) is 7.15. The molecule has 0 radical (unpaired) electrons. The highest BCUT2D eigenvalue weighted by Crippen LogP contribution is 2.22. The summed E-state index contributed by atoms with van der Waals surface area (Å²) in [5.74, 6) is -0.0443. The summed E-state index contributed by atoms with van der Waals surface area (Å²) in [7, 11) is 1.47. The van der Waals surface area contributed by atoms with Crippen LogP contribution in [0.5, 0.6) is 0 Å². The van der Waals surface area contributed by atoms with Crippen molar-refractivity contribution < 1.29 is 9.53 Å². The average molecular weight is 268 g/mol. The van der Waals surface area contributed by atoms with Crippen LogP contribution < -0.4 is 0 Å². The summed E-state index contributed by atoms with van der Waals surface area (Å²) in [6.45, 7) is 6.84. The van der Waals surface area contributed by atoms with Crippen molar-refractivity contribution in [3.05, 3.63) is 15.6 Å². The van der Waals surface area contributed by atoms with Gasteiger partial charge in [0.25, 0.3) is 0 Å². The number of nitrogens with zero attached hydrogens (tertiary/aromatic N) is 2. The van der Waals surface area contributed by atoms with Gasteiger partial charge < -0.3 is 4.74 Å². The van der Waals surface area contributed by atoms with Gasteiger partial charge in [0.1, 0.15) is 5.01 Å². The Hall–Kier alpha value is -0.940. The molecule has 2 rings (SSSR count). The molecule has 0 spiro atoms. The Labute approximate surface area is 112 Å². The van der Waals surface area contributed by atoms with Crippen LogP contribution in [0.3, 0.4) is 0 Å². The molecule has 0 aliphatic carbocycles. The quantitative estimate of drug-likeness (QED) is 0.788. The van der Waals surface area contributed by atoms with E-state index in [0.717, 1.165) is 43.2 Å². The third-order valence-corrected chi connectivity index (χ3v) is 4.53. The van der Waals surface area contributed by atoms with Gasteiger partial charge in [0, 0.05) is 11.4 Å². The van der Waals surface area contributed by atoms with E-state index < -0.39 is 0 Å². The van der Waals surface area contributed by atoms with Gasteiger partial charge in [-0.3, -0.25) is 9.69 Å². The van der Waals surface area contributed by atoms with E-state index in [2.05, 4.69) is 16.8 Å². The van der Waals surface area contributed by atoms with Crippen LogP contribution >= 0.6 is 11.3 Å². The highest BCUT2D eigenvalue weighted by molar-refractivity contribution is 7.11. The molecule has 100 valence electrons. The predicted octanol–water partition coefficient (Wildman–Crippen LogP) is 2.14. The lowest BCUT2D eigenvalue weighted by molar-refractivity contribution is -0.147. The number of ether oxygens (including phenoxy) is 1. The molecule has 1 aliphatic heterocycles. The van der Waals surface area contributed by atoms with Crippen molar-refractivity contribution in [2.24, 2.45) is 5.92 Å². The molecule has 1 saturated heterocycles. The maximum absolute atomic E-state index is 11.6. The molecule has 1 atom stereocenters. The van der Waals surface area contributed by atoms with E-state index in [1.54, 1.807) is 11.3 Å². The summed E-state index contributed by atoms with van der Waals surface area (Å²) in [6, 6.07) is 0. The normalized spacial score (nSPS) is 20.9. The Balaban J connectivity index is 1.95. The molecular formula is C13H20N2O2S. The molecule has 18 heavy (non-hydrogen) atoms. The van der Waals surface area contributed by atoms with Crippen LogP contribution in [0.2, 0.25) is 0 Å². The average Bonchev–Trinajstić information content (AvgIpc) is 2.67. The molecule has 4 nitrogen and oxygen atoms in total. The van der Waals surface area contributed by atoms with Gasteiger partial charge in [-0.25, -0.2) is 4.98 Å². The number of hydrogen-bond acceptors (Lipinski definition) is 5. The molecule has 1 aromatic rings. The maximum atomic E-state index is 11.6. The molecule has 2 heterocycles. The predicted molar refractivity (Wildman–Crippen MR) is 71.6 cm³/mol. The first-order chi connectivity index (χ1) is 8.60. The zero-order valence-corrected chi connectivity index (χ0v) is 12.0. The van der Waals surface area contributed by atoms with Crippen molar-refractivity contribution in [2.75, 3.05) is 20.2 Å². The summed E-state index contributed by atoms with van der Waals surface area (Å²) in [6.07, 6.45) is 2.00. The number of carbonyl (C=O) groups excluding carboxylic acids is 1. The Morgan fingerprint density at radius 3 is 2.94 bits per heavy atom. The number of aromatic nitrogens is 1. The molecule has 1 fully saturated rings. The van der Waals surface area contributed by atoms with Gasteiger partial charge in [-0.15, -0.1) is 11.3 Å². The molecule has 0 aromatic carbocycles. The van der Waals surface area contributed by atoms with Crippen LogP contribution in [-0.2, 0) is 16.1 Å². The number of esters is 1. The maximum Gasteiger partial charge on any atom is 0.309 e. The number of methoxy groups -OCH3 is 1. The number of carbonyl (C=O) groups is 1. The molecule has 0 saturated carbocycles. The number of rotatable bonds is 3. The second-order valence-electron chi connectivity index (χ2n) is 4.85. The lowest BCUT2D eigenvalue weighted by Crippen LogP contribution is -2.38. The second kappa shape index (κ2) is 5.80. The zero-order chi connectivity index (χ0) is 13.1. The summed E-state index contributed by atoms with van der Waals surface area (Å²) in [5, 5.41) is 1.15. The van der Waals surface area contributed by atoms with Crippen molar-refractivity contribution in [1.82, 2.24) is 9.88 Å². The van der Waals surface area contributed by atoms with Crippen molar-refractivity contribution in [2.45, 2.75) is 33.2 Å². The van der Waals surface area contributed by atoms with Crippen LogP contribution in [0.4, 0.5) is 0 Å². The summed E-state index contributed by atoms with van der Waals surface area (Å²) >= 11 is 1.75. The number of piperidine rings is 1. The van der Waals surface area contributed by atoms with Crippen LogP contribution in [0.15, 0.2) is 0 Å². The van der Waals surface area contributed by atoms with Crippen LogP contribution in [-0.4, -0.2) is 36.1 Å². The number of hydrogen-bond donors (Lipinski definition) is 0. The fourth-order valence-electron chi connectivity index (χ4n) is 2.36. The molecule has 0 unspecified atom stereocenters. The third kappa shape index (κ3) is 3.09. The fourth-order valence-corrected chi connectivity index (χ4v) is 3.33. The second-order valence-corrected chi connectivity index (χ2v) is 6.13. The van der Waals surface area contributed by atoms with E-state index in [4.69, 9.17) is 4.74 Å². The monoisotopic (exact) mass is 268 g/mol. The minimum Gasteiger partial charge on any atom is -0.469 e. The molecule has 1 aliphatic rings. The van der Waals surface area contributed by atoms with Gasteiger partial charge >= 0.3 is 5.97 Å². The van der Waals surface area contributed by atoms with Crippen molar-refractivity contribution >= 4 is 17.3 Å². The largest absolute Gasteiger partial charge is 0.469 e. The Morgan fingerprint density at radius 2 is 2.33 bits per heavy atom. The summed E-state index contributed by atoms with van der Waals surface area (Å²) in [4.78, 5) is 19.7. The third-order valence-electron chi connectivity index (χ3n) is 3.47. The standard InChI is InChI=1S/C13H20N2O2S/c1-9-10(2)18-12(14-9)8-15-6-4-5-11(7-15)13(16)17-3/h11H,4-8H2,1-3H3/t11-/m0/s1. The van der Waals surface area contributed by atoms with E-state index in [1.807, 2.05) is 6.92 Å². The molecule has 0 bridgehead atoms. The topological polar surface area (TPSA) is 42.4 Å². The highest BCUT2D eigenvalue weighted by Gasteiger charge is 2.26. The zero-order valence-electron chi connectivity index (χ0n) is 11.2. The highest BCUT2D eigenvalue weighted by atomic mass is 32.1. The molecule has 0 amide bonds. The van der Waals surface area contributed by atoms with Gasteiger partial charge in [-0.2, -0.15) is 0 Å². The lowest BCUT2D eigenvalue weighted by Gasteiger charge is -2.30. The Bertz CT molecular complexity index is 411. The summed E-state index contributed by atoms with van der Waals surface area (Å²) < 4.78 is 4.83. The van der Waals surface area contributed by atoms with Crippen molar-refractivity contribution in [1.29, 1.82) is 0 Å². The van der Waals surface area contributed by atoms with E-state index in [0.29, 0.717) is 0 Å². The van der Waals surface area contributed by atoms with E-state index in [1.165, 1.54) is 12.0 Å². The van der Waals surface area contributed by atoms with E-state index in [9.17, 15) is 4.79 Å². The molecule has 5 heteroatoms. The minimum absolute atomic E-state index is 0.0332. The fraction of sp³-hybridized carbons (Fsp3) is 0.692. The van der Waals surface area contributed by atoms with Crippen LogP contribution in [0.1, 0.15) is 28.4 Å². The van der Waals surface area contributed by atoms with Crippen LogP contribution in [0, 0.1) is 19.8 Å². The first kappa shape index (κ1) is 13.5. The van der Waals surface area contributed by atoms with Gasteiger partial charge in [0.05, 0.1) is 25.3 Å². The SMILES string of the molecule is COC(=O)[C@H]1CCCN(Cc2nc(C)c(C)s2)C1. The Morgan fingerprint density at radius 1 is 1.56 bits per heavy atom. The minimum atomic E-state index is -0.0776. The molecular weight excluding hydrogens is 248 g/mol. The van der Waals surface area contributed by atoms with Crippen molar-refractivity contribution in [3.8, 4) is 0 Å². The molecule has 0 N–H and O–H groups in total. The number of thiazole rings is 1. The van der Waals surface area contributed by atoms with Gasteiger partial charge in [0.15, 0.2) is 0 Å². The van der Waals surface area contributed by atoms with E-state index in [-0.39, 0.29) is 11.9 Å². The van der Waals surface area contributed by atoms with Crippen LogP contribution in [0.25, 0.3) is 0 Å². The smallest absolute Gasteiger partial charge is 0.309 e. The lowest BCUT2D eigenvalue weighted by atomic mass is 9.98. The molecule has 1 aromatic heterocycles. The number of likely N-dealkylation sites (tertiary alicyclic amines) is 1.